The Balaban J connectivity index is 3.20. The van der Waals surface area contributed by atoms with Crippen LogP contribution in [0.1, 0.15) is 17.7 Å². The van der Waals surface area contributed by atoms with E-state index in [1.807, 2.05) is 0 Å². The van der Waals surface area contributed by atoms with Gasteiger partial charge in [0.25, 0.3) is 6.43 Å². The number of nitrogens with zero attached hydrogens (tertiary/aromatic N) is 1. The van der Waals surface area contributed by atoms with Crippen molar-refractivity contribution >= 4 is 5.82 Å². The van der Waals surface area contributed by atoms with Gasteiger partial charge in [0.15, 0.2) is 11.4 Å². The van der Waals surface area contributed by atoms with E-state index in [9.17, 15) is 22.0 Å². The number of ether oxygens (including phenoxy) is 1. The molecule has 0 amide bonds. The van der Waals surface area contributed by atoms with Crippen LogP contribution in [0.15, 0.2) is 6.07 Å². The third kappa shape index (κ3) is 2.94. The van der Waals surface area contributed by atoms with Crippen molar-refractivity contribution in [3.63, 3.8) is 0 Å². The Morgan fingerprint density at radius 1 is 1.38 bits per heavy atom. The molecule has 0 saturated heterocycles. The van der Waals surface area contributed by atoms with Crippen LogP contribution in [0.3, 0.4) is 0 Å². The zero-order chi connectivity index (χ0) is 12.5. The molecule has 0 aliphatic heterocycles. The van der Waals surface area contributed by atoms with Gasteiger partial charge in [-0.1, -0.05) is 0 Å². The van der Waals surface area contributed by atoms with Crippen LogP contribution < -0.4 is 10.5 Å². The van der Waals surface area contributed by atoms with E-state index in [0.29, 0.717) is 0 Å². The highest BCUT2D eigenvalue weighted by molar-refractivity contribution is 5.46. The minimum Gasteiger partial charge on any atom is -0.404 e. The van der Waals surface area contributed by atoms with E-state index in [1.54, 1.807) is 0 Å². The lowest BCUT2D eigenvalue weighted by Gasteiger charge is -2.13. The molecule has 8 heteroatoms. The molecule has 0 spiro atoms. The zero-order valence-corrected chi connectivity index (χ0v) is 7.98. The fourth-order valence-electron chi connectivity index (χ4n) is 0.980. The van der Waals surface area contributed by atoms with Crippen molar-refractivity contribution in [3.05, 3.63) is 17.3 Å². The Morgan fingerprint density at radius 3 is 2.38 bits per heavy atom. The molecule has 16 heavy (non-hydrogen) atoms. The van der Waals surface area contributed by atoms with Gasteiger partial charge in [-0.3, -0.25) is 0 Å². The fourth-order valence-corrected chi connectivity index (χ4v) is 0.980. The van der Waals surface area contributed by atoms with E-state index in [2.05, 4.69) is 9.72 Å². The molecule has 0 atom stereocenters. The van der Waals surface area contributed by atoms with Crippen LogP contribution in [0.25, 0.3) is 0 Å². The van der Waals surface area contributed by atoms with Gasteiger partial charge in [-0.2, -0.15) is 0 Å². The number of nitrogens with two attached hydrogens (primary N) is 1. The van der Waals surface area contributed by atoms with Crippen LogP contribution in [0.4, 0.5) is 27.8 Å². The molecule has 0 aliphatic rings. The van der Waals surface area contributed by atoms with Crippen molar-refractivity contribution in [1.82, 2.24) is 4.98 Å². The summed E-state index contributed by atoms with van der Waals surface area (Å²) in [5.74, 6) is -1.29. The number of rotatable bonds is 2. The van der Waals surface area contributed by atoms with E-state index in [-0.39, 0.29) is 11.4 Å². The lowest BCUT2D eigenvalue weighted by molar-refractivity contribution is -0.275. The average molecular weight is 242 g/mol. The Kier molecular flexibility index (Phi) is 3.20. The van der Waals surface area contributed by atoms with E-state index in [0.717, 1.165) is 6.07 Å². The van der Waals surface area contributed by atoms with E-state index in [1.165, 1.54) is 6.92 Å². The third-order valence-corrected chi connectivity index (χ3v) is 1.68. The Labute approximate surface area is 87.0 Å². The summed E-state index contributed by atoms with van der Waals surface area (Å²) in [4.78, 5) is 3.16. The first kappa shape index (κ1) is 12.5. The summed E-state index contributed by atoms with van der Waals surface area (Å²) in [5, 5.41) is 0. The van der Waals surface area contributed by atoms with Gasteiger partial charge in [0, 0.05) is 0 Å². The SMILES string of the molecule is Cc1cc(OC(F)(F)F)c(C(F)F)nc1N. The number of pyridine rings is 1. The highest BCUT2D eigenvalue weighted by Gasteiger charge is 2.34. The Bertz CT molecular complexity index is 391. The molecule has 1 aromatic heterocycles. The van der Waals surface area contributed by atoms with Gasteiger partial charge in [-0.25, -0.2) is 13.8 Å². The molecule has 3 nitrogen and oxygen atoms in total. The zero-order valence-electron chi connectivity index (χ0n) is 7.98. The van der Waals surface area contributed by atoms with Crippen molar-refractivity contribution in [2.75, 3.05) is 5.73 Å². The van der Waals surface area contributed by atoms with E-state index >= 15 is 0 Å². The predicted molar refractivity (Wildman–Crippen MR) is 45.0 cm³/mol. The van der Waals surface area contributed by atoms with Crippen LogP contribution in [-0.4, -0.2) is 11.3 Å². The van der Waals surface area contributed by atoms with Crippen molar-refractivity contribution in [2.24, 2.45) is 0 Å². The van der Waals surface area contributed by atoms with Crippen molar-refractivity contribution < 1.29 is 26.7 Å². The topological polar surface area (TPSA) is 48.1 Å². The summed E-state index contributed by atoms with van der Waals surface area (Å²) in [7, 11) is 0. The molecule has 2 N–H and O–H groups in total. The average Bonchev–Trinajstić information content (AvgIpc) is 2.07. The smallest absolute Gasteiger partial charge is 0.404 e. The first-order valence-electron chi connectivity index (χ1n) is 4.01. The Morgan fingerprint density at radius 2 is 1.94 bits per heavy atom. The third-order valence-electron chi connectivity index (χ3n) is 1.68. The van der Waals surface area contributed by atoms with E-state index in [4.69, 9.17) is 5.73 Å². The predicted octanol–water partition coefficient (Wildman–Crippen LogP) is 2.81. The fraction of sp³-hybridized carbons (Fsp3) is 0.375. The van der Waals surface area contributed by atoms with Crippen molar-refractivity contribution in [2.45, 2.75) is 19.7 Å². The molecule has 1 heterocycles. The van der Waals surface area contributed by atoms with Gasteiger partial charge in [-0.05, 0) is 18.6 Å². The van der Waals surface area contributed by atoms with Crippen LogP contribution in [0.5, 0.6) is 5.75 Å². The minimum absolute atomic E-state index is 0.128. The van der Waals surface area contributed by atoms with E-state index < -0.39 is 24.2 Å². The number of hydrogen-bond donors (Lipinski definition) is 1. The van der Waals surface area contributed by atoms with Gasteiger partial charge < -0.3 is 10.5 Å². The van der Waals surface area contributed by atoms with Gasteiger partial charge >= 0.3 is 6.36 Å². The molecular weight excluding hydrogens is 235 g/mol. The van der Waals surface area contributed by atoms with Gasteiger partial charge in [-0.15, -0.1) is 13.2 Å². The number of aromatic nitrogens is 1. The molecule has 0 unspecified atom stereocenters. The lowest BCUT2D eigenvalue weighted by Crippen LogP contribution is -2.19. The van der Waals surface area contributed by atoms with Crippen LogP contribution in [-0.2, 0) is 0 Å². The maximum atomic E-state index is 12.3. The summed E-state index contributed by atoms with van der Waals surface area (Å²) < 4.78 is 63.8. The summed E-state index contributed by atoms with van der Waals surface area (Å²) >= 11 is 0. The molecular formula is C8H7F5N2O. The first-order chi connectivity index (χ1) is 7.20. The first-order valence-corrected chi connectivity index (χ1v) is 4.01. The molecule has 0 saturated carbocycles. The molecule has 0 aliphatic carbocycles. The summed E-state index contributed by atoms with van der Waals surface area (Å²) in [6, 6.07) is 0.775. The second kappa shape index (κ2) is 4.11. The number of alkyl halides is 5. The summed E-state index contributed by atoms with van der Waals surface area (Å²) in [6.45, 7) is 1.33. The monoisotopic (exact) mass is 242 g/mol. The molecule has 90 valence electrons. The molecule has 0 aromatic carbocycles. The second-order valence-corrected chi connectivity index (χ2v) is 2.92. The number of hydrogen-bond acceptors (Lipinski definition) is 3. The number of halogens is 5. The molecule has 0 radical (unpaired) electrons. The van der Waals surface area contributed by atoms with Crippen molar-refractivity contribution in [1.29, 1.82) is 0 Å². The number of aryl methyl sites for hydroxylation is 1. The van der Waals surface area contributed by atoms with Crippen LogP contribution >= 0.6 is 0 Å². The Hall–Kier alpha value is -1.60. The maximum Gasteiger partial charge on any atom is 0.573 e. The van der Waals surface area contributed by atoms with Gasteiger partial charge in [0.2, 0.25) is 0 Å². The molecule has 1 rings (SSSR count). The number of nitrogen functional groups attached to an aromatic ring is 1. The van der Waals surface area contributed by atoms with Gasteiger partial charge in [0.1, 0.15) is 5.82 Å². The molecule has 1 aromatic rings. The van der Waals surface area contributed by atoms with Crippen molar-refractivity contribution in [3.8, 4) is 5.75 Å². The second-order valence-electron chi connectivity index (χ2n) is 2.92. The van der Waals surface area contributed by atoms with Crippen LogP contribution in [0.2, 0.25) is 0 Å². The largest absolute Gasteiger partial charge is 0.573 e. The lowest BCUT2D eigenvalue weighted by atomic mass is 10.2. The maximum absolute atomic E-state index is 12.3. The summed E-state index contributed by atoms with van der Waals surface area (Å²) in [5.41, 5.74) is 4.21. The highest BCUT2D eigenvalue weighted by Crippen LogP contribution is 2.33. The van der Waals surface area contributed by atoms with Crippen LogP contribution in [0, 0.1) is 6.92 Å². The van der Waals surface area contributed by atoms with Gasteiger partial charge in [0.05, 0.1) is 0 Å². The highest BCUT2D eigenvalue weighted by atomic mass is 19.4. The number of anilines is 1. The summed E-state index contributed by atoms with van der Waals surface area (Å²) in [6.07, 6.45) is -8.24. The quantitative estimate of drug-likeness (QED) is 0.811. The normalized spacial score (nSPS) is 11.9. The molecule has 0 bridgehead atoms. The minimum atomic E-state index is -5.05. The standard InChI is InChI=1S/C8H7F5N2O/c1-3-2-4(16-8(11,12)13)5(6(9)10)15-7(3)14/h2,6H,1H3,(H2,14,15). The molecule has 0 fully saturated rings.